The second kappa shape index (κ2) is 8.25. The average Bonchev–Trinajstić information content (AvgIpc) is 2.12. The van der Waals surface area contributed by atoms with Crippen LogP contribution in [0.4, 0.5) is 0 Å². The van der Waals surface area contributed by atoms with E-state index in [-0.39, 0.29) is 12.5 Å². The fraction of sp³-hybridized carbons (Fsp3) is 0.556. The topological polar surface area (TPSA) is 75.6 Å². The quantitative estimate of drug-likeness (QED) is 0.455. The maximum atomic E-state index is 10.9. The zero-order valence-electron chi connectivity index (χ0n) is 8.16. The first-order valence-corrected chi connectivity index (χ1v) is 4.34. The third-order valence-electron chi connectivity index (χ3n) is 1.33. The van der Waals surface area contributed by atoms with Crippen LogP contribution >= 0.6 is 0 Å². The first kappa shape index (κ1) is 12.6. The molecule has 2 N–H and O–H groups in total. The molecule has 0 heterocycles. The molecule has 0 aromatic carbocycles. The number of carboxylic acid groups (broad SMARTS) is 1. The Morgan fingerprint density at radius 2 is 2.14 bits per heavy atom. The van der Waals surface area contributed by atoms with Crippen molar-refractivity contribution in [2.24, 2.45) is 0 Å². The van der Waals surface area contributed by atoms with Crippen LogP contribution in [-0.2, 0) is 14.3 Å². The monoisotopic (exact) mass is 201 g/mol. The Morgan fingerprint density at radius 1 is 1.43 bits per heavy atom. The normalized spacial score (nSPS) is 10.4. The van der Waals surface area contributed by atoms with E-state index in [2.05, 4.69) is 10.1 Å². The molecule has 0 saturated carbocycles. The Morgan fingerprint density at radius 3 is 2.71 bits per heavy atom. The molecule has 0 fully saturated rings. The molecule has 0 radical (unpaired) electrons. The number of ether oxygens (including phenoxy) is 1. The molecular formula is C9H15NO4. The van der Waals surface area contributed by atoms with Crippen LogP contribution in [-0.4, -0.2) is 36.7 Å². The van der Waals surface area contributed by atoms with Gasteiger partial charge in [-0.1, -0.05) is 12.2 Å². The number of amides is 1. The number of hydrogen-bond acceptors (Lipinski definition) is 3. The van der Waals surface area contributed by atoms with Gasteiger partial charge in [-0.25, -0.2) is 4.79 Å². The number of rotatable bonds is 7. The summed E-state index contributed by atoms with van der Waals surface area (Å²) in [5, 5.41) is 10.8. The van der Waals surface area contributed by atoms with Crippen molar-refractivity contribution in [1.82, 2.24) is 5.32 Å². The molecule has 0 aromatic rings. The lowest BCUT2D eigenvalue weighted by Crippen LogP contribution is -2.29. The highest BCUT2D eigenvalue weighted by Gasteiger charge is 2.01. The summed E-state index contributed by atoms with van der Waals surface area (Å²) in [6.07, 6.45) is 4.59. The lowest BCUT2D eigenvalue weighted by Gasteiger charge is -2.02. The molecule has 14 heavy (non-hydrogen) atoms. The van der Waals surface area contributed by atoms with E-state index in [4.69, 9.17) is 5.11 Å². The Bertz CT molecular complexity index is 213. The minimum atomic E-state index is -1.08. The summed E-state index contributed by atoms with van der Waals surface area (Å²) in [5.74, 6) is -1.37. The van der Waals surface area contributed by atoms with Gasteiger partial charge in [-0.15, -0.1) is 0 Å². The van der Waals surface area contributed by atoms with Crippen LogP contribution in [0.3, 0.4) is 0 Å². The van der Waals surface area contributed by atoms with Gasteiger partial charge in [0.1, 0.15) is 13.2 Å². The van der Waals surface area contributed by atoms with E-state index < -0.39 is 12.6 Å². The largest absolute Gasteiger partial charge is 0.480 e. The van der Waals surface area contributed by atoms with Crippen LogP contribution in [0.25, 0.3) is 0 Å². The van der Waals surface area contributed by atoms with Crippen LogP contribution in [0.2, 0.25) is 0 Å². The van der Waals surface area contributed by atoms with Crippen molar-refractivity contribution in [2.45, 2.75) is 13.3 Å². The molecule has 0 aliphatic heterocycles. The van der Waals surface area contributed by atoms with E-state index >= 15 is 0 Å². The van der Waals surface area contributed by atoms with Crippen molar-refractivity contribution in [2.75, 3.05) is 19.8 Å². The van der Waals surface area contributed by atoms with Gasteiger partial charge < -0.3 is 15.2 Å². The van der Waals surface area contributed by atoms with Gasteiger partial charge in [0.2, 0.25) is 5.91 Å². The molecule has 0 rings (SSSR count). The summed E-state index contributed by atoms with van der Waals surface area (Å²) in [5.41, 5.74) is 0. The first-order chi connectivity index (χ1) is 6.66. The SMILES string of the molecule is C/C=C/CCNC(=O)COCC(=O)O. The number of carbonyl (C=O) groups is 2. The van der Waals surface area contributed by atoms with Gasteiger partial charge in [-0.05, 0) is 13.3 Å². The molecule has 0 aliphatic carbocycles. The molecular weight excluding hydrogens is 186 g/mol. The van der Waals surface area contributed by atoms with E-state index in [0.717, 1.165) is 6.42 Å². The molecule has 0 aromatic heterocycles. The molecule has 80 valence electrons. The summed E-state index contributed by atoms with van der Waals surface area (Å²) in [6.45, 7) is 1.79. The van der Waals surface area contributed by atoms with E-state index in [0.29, 0.717) is 6.54 Å². The number of carbonyl (C=O) groups excluding carboxylic acids is 1. The number of nitrogens with one attached hydrogen (secondary N) is 1. The number of hydrogen-bond donors (Lipinski definition) is 2. The molecule has 0 spiro atoms. The Kier molecular flexibility index (Phi) is 7.45. The van der Waals surface area contributed by atoms with Crippen molar-refractivity contribution in [3.8, 4) is 0 Å². The predicted octanol–water partition coefficient (Wildman–Crippen LogP) is 0.170. The van der Waals surface area contributed by atoms with Gasteiger partial charge in [-0.2, -0.15) is 0 Å². The number of carboxylic acids is 1. The van der Waals surface area contributed by atoms with E-state index in [1.54, 1.807) is 0 Å². The summed E-state index contributed by atoms with van der Waals surface area (Å²) in [6, 6.07) is 0. The first-order valence-electron chi connectivity index (χ1n) is 4.34. The summed E-state index contributed by atoms with van der Waals surface area (Å²) in [7, 11) is 0. The molecule has 5 nitrogen and oxygen atoms in total. The Labute approximate surface area is 82.7 Å². The maximum absolute atomic E-state index is 10.9. The van der Waals surface area contributed by atoms with Crippen LogP contribution in [0.5, 0.6) is 0 Å². The molecule has 5 heteroatoms. The van der Waals surface area contributed by atoms with Crippen LogP contribution < -0.4 is 5.32 Å². The van der Waals surface area contributed by atoms with Crippen LogP contribution in [0.1, 0.15) is 13.3 Å². The van der Waals surface area contributed by atoms with Crippen molar-refractivity contribution in [3.63, 3.8) is 0 Å². The van der Waals surface area contributed by atoms with Gasteiger partial charge in [0.05, 0.1) is 0 Å². The molecule has 0 saturated heterocycles. The lowest BCUT2D eigenvalue weighted by atomic mass is 10.4. The van der Waals surface area contributed by atoms with Crippen molar-refractivity contribution in [1.29, 1.82) is 0 Å². The Hall–Kier alpha value is -1.36. The van der Waals surface area contributed by atoms with E-state index in [9.17, 15) is 9.59 Å². The number of allylic oxidation sites excluding steroid dienone is 1. The minimum absolute atomic E-state index is 0.206. The van der Waals surface area contributed by atoms with Crippen molar-refractivity contribution < 1.29 is 19.4 Å². The highest BCUT2D eigenvalue weighted by Crippen LogP contribution is 1.80. The molecule has 1 amide bonds. The fourth-order valence-corrected chi connectivity index (χ4v) is 0.744. The van der Waals surface area contributed by atoms with E-state index in [1.807, 2.05) is 19.1 Å². The van der Waals surface area contributed by atoms with Gasteiger partial charge in [0, 0.05) is 6.54 Å². The molecule has 0 unspecified atom stereocenters. The third-order valence-corrected chi connectivity index (χ3v) is 1.33. The molecule has 0 atom stereocenters. The highest BCUT2D eigenvalue weighted by molar-refractivity contribution is 5.77. The zero-order valence-corrected chi connectivity index (χ0v) is 8.16. The molecule has 0 aliphatic rings. The van der Waals surface area contributed by atoms with Gasteiger partial charge in [0.15, 0.2) is 0 Å². The average molecular weight is 201 g/mol. The standard InChI is InChI=1S/C9H15NO4/c1-2-3-4-5-10-8(11)6-14-7-9(12)13/h2-3H,4-7H2,1H3,(H,10,11)(H,12,13)/b3-2+. The van der Waals surface area contributed by atoms with Gasteiger partial charge in [-0.3, -0.25) is 4.79 Å². The smallest absolute Gasteiger partial charge is 0.329 e. The van der Waals surface area contributed by atoms with Gasteiger partial charge >= 0.3 is 5.97 Å². The van der Waals surface area contributed by atoms with Crippen LogP contribution in [0, 0.1) is 0 Å². The van der Waals surface area contributed by atoms with Crippen LogP contribution in [0.15, 0.2) is 12.2 Å². The fourth-order valence-electron chi connectivity index (χ4n) is 0.744. The van der Waals surface area contributed by atoms with E-state index in [1.165, 1.54) is 0 Å². The second-order valence-corrected chi connectivity index (χ2v) is 2.59. The zero-order chi connectivity index (χ0) is 10.8. The number of aliphatic carboxylic acids is 1. The molecule has 0 bridgehead atoms. The van der Waals surface area contributed by atoms with Crippen molar-refractivity contribution in [3.05, 3.63) is 12.2 Å². The lowest BCUT2D eigenvalue weighted by molar-refractivity contribution is -0.143. The summed E-state index contributed by atoms with van der Waals surface area (Å²) in [4.78, 5) is 20.9. The summed E-state index contributed by atoms with van der Waals surface area (Å²) < 4.78 is 4.58. The maximum Gasteiger partial charge on any atom is 0.329 e. The van der Waals surface area contributed by atoms with Crippen molar-refractivity contribution >= 4 is 11.9 Å². The Balaban J connectivity index is 3.32. The summed E-state index contributed by atoms with van der Waals surface area (Å²) >= 11 is 0. The highest BCUT2D eigenvalue weighted by atomic mass is 16.5. The van der Waals surface area contributed by atoms with Gasteiger partial charge in [0.25, 0.3) is 0 Å². The second-order valence-electron chi connectivity index (χ2n) is 2.59. The third kappa shape index (κ3) is 8.73. The minimum Gasteiger partial charge on any atom is -0.480 e. The predicted molar refractivity (Wildman–Crippen MR) is 50.9 cm³/mol.